The predicted octanol–water partition coefficient (Wildman–Crippen LogP) is 2.92. The van der Waals surface area contributed by atoms with Crippen LogP contribution >= 0.6 is 0 Å². The van der Waals surface area contributed by atoms with Crippen molar-refractivity contribution in [2.45, 2.75) is 27.2 Å². The molecule has 3 nitrogen and oxygen atoms in total. The lowest BCUT2D eigenvalue weighted by Crippen LogP contribution is -2.34. The molecule has 1 saturated heterocycles. The molecule has 3 aliphatic rings. The molecule has 4 unspecified atom stereocenters. The van der Waals surface area contributed by atoms with E-state index in [-0.39, 0.29) is 35.5 Å². The van der Waals surface area contributed by atoms with Crippen LogP contribution in [0.15, 0.2) is 24.3 Å². The van der Waals surface area contributed by atoms with Crippen molar-refractivity contribution in [3.8, 4) is 0 Å². The third-order valence-electron chi connectivity index (χ3n) is 5.33. The summed E-state index contributed by atoms with van der Waals surface area (Å²) in [6, 6.07) is 4.09. The summed E-state index contributed by atoms with van der Waals surface area (Å²) in [5, 5.41) is 0. The van der Waals surface area contributed by atoms with Crippen molar-refractivity contribution in [3.05, 3.63) is 41.0 Å². The van der Waals surface area contributed by atoms with E-state index in [0.29, 0.717) is 0 Å². The summed E-state index contributed by atoms with van der Waals surface area (Å²) in [5.41, 5.74) is 3.99. The van der Waals surface area contributed by atoms with E-state index < -0.39 is 0 Å². The minimum Gasteiger partial charge on any atom is -0.274 e. The molecule has 2 aliphatic carbocycles. The molecular formula is C18H19NO2. The van der Waals surface area contributed by atoms with Crippen LogP contribution < -0.4 is 4.90 Å². The van der Waals surface area contributed by atoms with E-state index in [2.05, 4.69) is 12.2 Å². The molecular weight excluding hydrogens is 262 g/mol. The quantitative estimate of drug-likeness (QED) is 0.586. The Morgan fingerprint density at radius 2 is 1.38 bits per heavy atom. The number of allylic oxidation sites excluding steroid dienone is 2. The van der Waals surface area contributed by atoms with Gasteiger partial charge in [0.1, 0.15) is 0 Å². The normalized spacial score (nSPS) is 33.2. The van der Waals surface area contributed by atoms with Crippen LogP contribution in [0.2, 0.25) is 0 Å². The van der Waals surface area contributed by atoms with Crippen molar-refractivity contribution in [1.82, 2.24) is 0 Å². The molecule has 3 heteroatoms. The van der Waals surface area contributed by atoms with Crippen LogP contribution in [0.1, 0.15) is 23.1 Å². The van der Waals surface area contributed by atoms with Crippen LogP contribution in [-0.2, 0) is 9.59 Å². The van der Waals surface area contributed by atoms with Gasteiger partial charge >= 0.3 is 0 Å². The van der Waals surface area contributed by atoms with E-state index in [0.717, 1.165) is 28.8 Å². The van der Waals surface area contributed by atoms with Crippen molar-refractivity contribution in [3.63, 3.8) is 0 Å². The summed E-state index contributed by atoms with van der Waals surface area (Å²) < 4.78 is 0. The number of hydrogen-bond acceptors (Lipinski definition) is 2. The summed E-state index contributed by atoms with van der Waals surface area (Å²) in [6.07, 6.45) is 5.25. The molecule has 108 valence electrons. The van der Waals surface area contributed by atoms with Gasteiger partial charge in [-0.1, -0.05) is 29.8 Å². The lowest BCUT2D eigenvalue weighted by atomic mass is 9.85. The lowest BCUT2D eigenvalue weighted by Gasteiger charge is -2.22. The van der Waals surface area contributed by atoms with E-state index in [1.165, 1.54) is 4.90 Å². The van der Waals surface area contributed by atoms with Gasteiger partial charge < -0.3 is 0 Å². The van der Waals surface area contributed by atoms with Crippen molar-refractivity contribution in [2.24, 2.45) is 23.7 Å². The summed E-state index contributed by atoms with van der Waals surface area (Å²) in [7, 11) is 0. The highest BCUT2D eigenvalue weighted by atomic mass is 16.2. The Labute approximate surface area is 124 Å². The van der Waals surface area contributed by atoms with Gasteiger partial charge in [0.25, 0.3) is 0 Å². The van der Waals surface area contributed by atoms with Crippen LogP contribution in [0.5, 0.6) is 0 Å². The number of imide groups is 1. The number of anilines is 1. The van der Waals surface area contributed by atoms with Gasteiger partial charge in [-0.05, 0) is 50.2 Å². The number of hydrogen-bond donors (Lipinski definition) is 0. The molecule has 1 aromatic rings. The zero-order chi connectivity index (χ0) is 14.9. The molecule has 4 rings (SSSR count). The third kappa shape index (κ3) is 1.55. The number of amides is 2. The Morgan fingerprint density at radius 1 is 0.905 bits per heavy atom. The monoisotopic (exact) mass is 281 g/mol. The molecule has 0 aromatic heterocycles. The van der Waals surface area contributed by atoms with E-state index >= 15 is 0 Å². The van der Waals surface area contributed by atoms with Crippen LogP contribution in [0.3, 0.4) is 0 Å². The number of nitrogens with zero attached hydrogens (tertiary/aromatic N) is 1. The number of carbonyl (C=O) groups is 2. The first-order chi connectivity index (χ1) is 9.99. The van der Waals surface area contributed by atoms with E-state index in [9.17, 15) is 9.59 Å². The minimum atomic E-state index is -0.118. The van der Waals surface area contributed by atoms with Crippen molar-refractivity contribution in [1.29, 1.82) is 0 Å². The number of fused-ring (bicyclic) bond motifs is 5. The average Bonchev–Trinajstić information content (AvgIpc) is 3.06. The maximum absolute atomic E-state index is 12.8. The summed E-state index contributed by atoms with van der Waals surface area (Å²) in [5.74, 6) is 0.328. The standard InChI is InChI=1S/C18H19NO2/c1-9-6-10(2)16(11(3)7-9)19-17(20)14-12-4-5-13(8-12)15(14)18(19)21/h4-7,12-15H,8H2,1-3H3. The Hall–Kier alpha value is -1.90. The van der Waals surface area contributed by atoms with Gasteiger partial charge in [0.05, 0.1) is 17.5 Å². The van der Waals surface area contributed by atoms with Gasteiger partial charge in [-0.15, -0.1) is 0 Å². The van der Waals surface area contributed by atoms with Crippen molar-refractivity contribution in [2.75, 3.05) is 4.90 Å². The molecule has 2 fully saturated rings. The number of rotatable bonds is 1. The average molecular weight is 281 g/mol. The van der Waals surface area contributed by atoms with Gasteiger partial charge in [-0.3, -0.25) is 9.59 Å². The minimum absolute atomic E-state index is 0.0110. The molecule has 2 amide bonds. The second kappa shape index (κ2) is 4.06. The summed E-state index contributed by atoms with van der Waals surface area (Å²) in [6.45, 7) is 6.00. The molecule has 1 aliphatic heterocycles. The number of carbonyl (C=O) groups excluding carboxylic acids is 2. The topological polar surface area (TPSA) is 37.4 Å². The van der Waals surface area contributed by atoms with Gasteiger partial charge in [0, 0.05) is 0 Å². The fraction of sp³-hybridized carbons (Fsp3) is 0.444. The fourth-order valence-corrected chi connectivity index (χ4v) is 4.65. The SMILES string of the molecule is Cc1cc(C)c(N2C(=O)C3C4C=CC(C4)C3C2=O)c(C)c1. The second-order valence-electron chi connectivity index (χ2n) is 6.76. The molecule has 4 atom stereocenters. The van der Waals surface area contributed by atoms with Crippen molar-refractivity contribution >= 4 is 17.5 Å². The van der Waals surface area contributed by atoms with Crippen LogP contribution in [0.25, 0.3) is 0 Å². The molecule has 2 bridgehead atoms. The van der Waals surface area contributed by atoms with Gasteiger partial charge in [-0.25, -0.2) is 4.90 Å². The van der Waals surface area contributed by atoms with Gasteiger partial charge in [0.15, 0.2) is 0 Å². The summed E-state index contributed by atoms with van der Waals surface area (Å²) in [4.78, 5) is 27.2. The first kappa shape index (κ1) is 12.8. The van der Waals surface area contributed by atoms with Crippen LogP contribution in [0.4, 0.5) is 5.69 Å². The van der Waals surface area contributed by atoms with Crippen molar-refractivity contribution < 1.29 is 9.59 Å². The fourth-order valence-electron chi connectivity index (χ4n) is 4.65. The first-order valence-electron chi connectivity index (χ1n) is 7.63. The van der Waals surface area contributed by atoms with E-state index in [1.54, 1.807) is 0 Å². The van der Waals surface area contributed by atoms with E-state index in [1.807, 2.05) is 32.9 Å². The smallest absolute Gasteiger partial charge is 0.238 e. The maximum atomic E-state index is 12.8. The molecule has 1 aromatic carbocycles. The van der Waals surface area contributed by atoms with E-state index in [4.69, 9.17) is 0 Å². The Balaban J connectivity index is 1.82. The largest absolute Gasteiger partial charge is 0.274 e. The zero-order valence-corrected chi connectivity index (χ0v) is 12.6. The third-order valence-corrected chi connectivity index (χ3v) is 5.33. The summed E-state index contributed by atoms with van der Waals surface area (Å²) >= 11 is 0. The first-order valence-corrected chi connectivity index (χ1v) is 7.63. The Morgan fingerprint density at radius 3 is 1.86 bits per heavy atom. The predicted molar refractivity (Wildman–Crippen MR) is 80.9 cm³/mol. The molecule has 0 N–H and O–H groups in total. The highest BCUT2D eigenvalue weighted by Crippen LogP contribution is 2.53. The zero-order valence-electron chi connectivity index (χ0n) is 12.6. The van der Waals surface area contributed by atoms with Gasteiger partial charge in [0.2, 0.25) is 11.8 Å². The van der Waals surface area contributed by atoms with Crippen LogP contribution in [-0.4, -0.2) is 11.8 Å². The number of aryl methyl sites for hydroxylation is 3. The molecule has 0 spiro atoms. The highest BCUT2D eigenvalue weighted by Gasteiger charge is 2.59. The molecule has 21 heavy (non-hydrogen) atoms. The molecule has 0 radical (unpaired) electrons. The lowest BCUT2D eigenvalue weighted by molar-refractivity contribution is -0.123. The highest BCUT2D eigenvalue weighted by molar-refractivity contribution is 6.23. The maximum Gasteiger partial charge on any atom is 0.238 e. The Kier molecular flexibility index (Phi) is 2.48. The molecule has 1 saturated carbocycles. The molecule has 1 heterocycles. The second-order valence-corrected chi connectivity index (χ2v) is 6.76. The Bertz CT molecular complexity index is 650. The van der Waals surface area contributed by atoms with Gasteiger partial charge in [-0.2, -0.15) is 0 Å². The van der Waals surface area contributed by atoms with Crippen LogP contribution in [0, 0.1) is 44.4 Å². The number of benzene rings is 1.